The van der Waals surface area contributed by atoms with Gasteiger partial charge in [-0.15, -0.1) is 0 Å². The lowest BCUT2D eigenvalue weighted by Gasteiger charge is -2.18. The summed E-state index contributed by atoms with van der Waals surface area (Å²) in [5, 5.41) is 2.82. The number of ketones is 1. The molecule has 0 aliphatic carbocycles. The summed E-state index contributed by atoms with van der Waals surface area (Å²) in [4.78, 5) is 25.9. The van der Waals surface area contributed by atoms with Gasteiger partial charge in [-0.3, -0.25) is 14.5 Å². The van der Waals surface area contributed by atoms with Crippen LogP contribution >= 0.6 is 0 Å². The van der Waals surface area contributed by atoms with Crippen molar-refractivity contribution in [3.63, 3.8) is 0 Å². The number of amides is 1. The molecule has 0 aromatic heterocycles. The molecule has 1 amide bonds. The molecule has 1 aromatic rings. The Hall–Kier alpha value is -1.68. The number of carbonyl (C=O) groups excluding carboxylic acids is 2. The van der Waals surface area contributed by atoms with Crippen LogP contribution < -0.4 is 5.32 Å². The van der Waals surface area contributed by atoms with Crippen LogP contribution in [0, 0.1) is 20.8 Å². The van der Waals surface area contributed by atoms with E-state index in [2.05, 4.69) is 18.3 Å². The second-order valence-electron chi connectivity index (χ2n) is 5.59. The molecule has 0 unspecified atom stereocenters. The van der Waals surface area contributed by atoms with Crippen molar-refractivity contribution in [2.45, 2.75) is 27.2 Å². The Bertz CT molecular complexity index is 538. The number of hydrogen-bond donors (Lipinski definition) is 1. The van der Waals surface area contributed by atoms with Crippen LogP contribution in [0.1, 0.15) is 33.5 Å². The molecular weight excluding hydrogens is 252 g/mol. The largest absolute Gasteiger partial charge is 0.355 e. The molecule has 0 radical (unpaired) electrons. The van der Waals surface area contributed by atoms with Gasteiger partial charge >= 0.3 is 0 Å². The molecule has 108 valence electrons. The minimum Gasteiger partial charge on any atom is -0.355 e. The van der Waals surface area contributed by atoms with Gasteiger partial charge in [-0.25, -0.2) is 0 Å². The van der Waals surface area contributed by atoms with Crippen LogP contribution in [0.3, 0.4) is 0 Å². The van der Waals surface area contributed by atoms with Gasteiger partial charge in [-0.1, -0.05) is 6.07 Å². The molecule has 4 heteroatoms. The summed E-state index contributed by atoms with van der Waals surface area (Å²) < 4.78 is 0. The summed E-state index contributed by atoms with van der Waals surface area (Å²) in [6.07, 6.45) is 0.894. The van der Waals surface area contributed by atoms with Crippen molar-refractivity contribution in [3.8, 4) is 0 Å². The van der Waals surface area contributed by atoms with Crippen molar-refractivity contribution in [2.75, 3.05) is 26.2 Å². The topological polar surface area (TPSA) is 49.4 Å². The van der Waals surface area contributed by atoms with E-state index >= 15 is 0 Å². The highest BCUT2D eigenvalue weighted by Gasteiger charge is 2.19. The lowest BCUT2D eigenvalue weighted by molar-refractivity contribution is -0.121. The number of nitrogens with zero attached hydrogens (tertiary/aromatic N) is 1. The van der Waals surface area contributed by atoms with Crippen LogP contribution in [0.4, 0.5) is 0 Å². The molecule has 2 rings (SSSR count). The number of carbonyl (C=O) groups is 2. The average Bonchev–Trinajstić information content (AvgIpc) is 2.58. The van der Waals surface area contributed by atoms with Crippen molar-refractivity contribution < 1.29 is 9.59 Å². The fraction of sp³-hybridized carbons (Fsp3) is 0.500. The second kappa shape index (κ2) is 6.18. The normalized spacial score (nSPS) is 16.6. The molecule has 1 aliphatic rings. The Morgan fingerprint density at radius 1 is 1.20 bits per heavy atom. The summed E-state index contributed by atoms with van der Waals surface area (Å²) in [6, 6.07) is 4.02. The minimum atomic E-state index is 0.00658. The molecule has 0 saturated carbocycles. The Kier molecular flexibility index (Phi) is 4.55. The van der Waals surface area contributed by atoms with E-state index in [0.717, 1.165) is 29.7 Å². The van der Waals surface area contributed by atoms with Crippen molar-refractivity contribution in [1.82, 2.24) is 10.2 Å². The van der Waals surface area contributed by atoms with E-state index in [4.69, 9.17) is 0 Å². The highest BCUT2D eigenvalue weighted by atomic mass is 16.2. The van der Waals surface area contributed by atoms with Gasteiger partial charge in [0.05, 0.1) is 13.1 Å². The van der Waals surface area contributed by atoms with Gasteiger partial charge in [-0.2, -0.15) is 0 Å². The van der Waals surface area contributed by atoms with Gasteiger partial charge in [0.1, 0.15) is 0 Å². The third-order valence-electron chi connectivity index (χ3n) is 3.85. The molecule has 1 fully saturated rings. The van der Waals surface area contributed by atoms with Crippen LogP contribution in [0.2, 0.25) is 0 Å². The maximum Gasteiger partial charge on any atom is 0.234 e. The van der Waals surface area contributed by atoms with E-state index in [1.54, 1.807) is 0 Å². The van der Waals surface area contributed by atoms with Crippen LogP contribution in [0.25, 0.3) is 0 Å². The highest BCUT2D eigenvalue weighted by molar-refractivity contribution is 5.99. The molecule has 0 bridgehead atoms. The quantitative estimate of drug-likeness (QED) is 0.852. The van der Waals surface area contributed by atoms with Gasteiger partial charge in [0.2, 0.25) is 5.91 Å². The van der Waals surface area contributed by atoms with E-state index < -0.39 is 0 Å². The third-order valence-corrected chi connectivity index (χ3v) is 3.85. The summed E-state index contributed by atoms with van der Waals surface area (Å²) in [6.45, 7) is 8.16. The fourth-order valence-corrected chi connectivity index (χ4v) is 2.55. The Morgan fingerprint density at radius 2 is 1.90 bits per heavy atom. The third kappa shape index (κ3) is 3.45. The van der Waals surface area contributed by atoms with Gasteiger partial charge in [-0.05, 0) is 49.9 Å². The Morgan fingerprint density at radius 3 is 2.65 bits per heavy atom. The summed E-state index contributed by atoms with van der Waals surface area (Å²) in [5.74, 6) is 0.104. The average molecular weight is 274 g/mol. The molecule has 1 heterocycles. The van der Waals surface area contributed by atoms with Crippen LogP contribution in [-0.2, 0) is 4.79 Å². The first-order valence-electron chi connectivity index (χ1n) is 7.07. The fourth-order valence-electron chi connectivity index (χ4n) is 2.55. The van der Waals surface area contributed by atoms with E-state index in [1.165, 1.54) is 5.56 Å². The highest BCUT2D eigenvalue weighted by Crippen LogP contribution is 2.16. The second-order valence-corrected chi connectivity index (χ2v) is 5.59. The SMILES string of the molecule is Cc1cc(C)c(C(=O)CN2CCCNC(=O)C2)cc1C. The molecule has 4 nitrogen and oxygen atoms in total. The number of benzene rings is 1. The first-order valence-corrected chi connectivity index (χ1v) is 7.07. The predicted octanol–water partition coefficient (Wildman–Crippen LogP) is 1.62. The maximum atomic E-state index is 12.4. The number of Topliss-reactive ketones (excluding diaryl/α,β-unsaturated/α-hetero) is 1. The van der Waals surface area contributed by atoms with E-state index in [-0.39, 0.29) is 11.7 Å². The Balaban J connectivity index is 2.11. The standard InChI is InChI=1S/C16H22N2O2/c1-11-7-13(3)14(8-12(11)2)15(19)9-18-6-4-5-17-16(20)10-18/h7-8H,4-6,9-10H2,1-3H3,(H,17,20). The van der Waals surface area contributed by atoms with Gasteiger partial charge in [0.25, 0.3) is 0 Å². The molecule has 1 N–H and O–H groups in total. The Labute approximate surface area is 120 Å². The molecule has 1 aliphatic heterocycles. The van der Waals surface area contributed by atoms with Crippen LogP contribution in [0.15, 0.2) is 12.1 Å². The van der Waals surface area contributed by atoms with Crippen molar-refractivity contribution >= 4 is 11.7 Å². The summed E-state index contributed by atoms with van der Waals surface area (Å²) in [5.41, 5.74) is 4.12. The van der Waals surface area contributed by atoms with E-state index in [1.807, 2.05) is 24.8 Å². The van der Waals surface area contributed by atoms with E-state index in [9.17, 15) is 9.59 Å². The first-order chi connectivity index (χ1) is 9.47. The number of hydrogen-bond acceptors (Lipinski definition) is 3. The van der Waals surface area contributed by atoms with Crippen molar-refractivity contribution in [2.24, 2.45) is 0 Å². The lowest BCUT2D eigenvalue weighted by Crippen LogP contribution is -2.36. The summed E-state index contributed by atoms with van der Waals surface area (Å²) >= 11 is 0. The zero-order valence-corrected chi connectivity index (χ0v) is 12.5. The molecule has 0 atom stereocenters. The zero-order valence-electron chi connectivity index (χ0n) is 12.5. The lowest BCUT2D eigenvalue weighted by atomic mass is 9.98. The molecule has 1 aromatic carbocycles. The van der Waals surface area contributed by atoms with Crippen LogP contribution in [0.5, 0.6) is 0 Å². The number of rotatable bonds is 3. The van der Waals surface area contributed by atoms with Crippen molar-refractivity contribution in [3.05, 3.63) is 34.4 Å². The molecular formula is C16H22N2O2. The maximum absolute atomic E-state index is 12.4. The number of nitrogens with one attached hydrogen (secondary N) is 1. The summed E-state index contributed by atoms with van der Waals surface area (Å²) in [7, 11) is 0. The van der Waals surface area contributed by atoms with Crippen LogP contribution in [-0.4, -0.2) is 42.8 Å². The predicted molar refractivity (Wildman–Crippen MR) is 79.1 cm³/mol. The zero-order chi connectivity index (χ0) is 14.7. The first kappa shape index (κ1) is 14.7. The van der Waals surface area contributed by atoms with Gasteiger partial charge in [0, 0.05) is 18.7 Å². The number of aryl methyl sites for hydroxylation is 3. The molecule has 1 saturated heterocycles. The van der Waals surface area contributed by atoms with E-state index in [0.29, 0.717) is 19.6 Å². The van der Waals surface area contributed by atoms with Gasteiger partial charge < -0.3 is 5.32 Å². The monoisotopic (exact) mass is 274 g/mol. The van der Waals surface area contributed by atoms with Crippen molar-refractivity contribution in [1.29, 1.82) is 0 Å². The van der Waals surface area contributed by atoms with Gasteiger partial charge in [0.15, 0.2) is 5.78 Å². The molecule has 0 spiro atoms. The molecule has 20 heavy (non-hydrogen) atoms. The smallest absolute Gasteiger partial charge is 0.234 e. The minimum absolute atomic E-state index is 0.00658.